The van der Waals surface area contributed by atoms with E-state index in [1.165, 1.54) is 31.3 Å². The van der Waals surface area contributed by atoms with Crippen LogP contribution in [0.25, 0.3) is 0 Å². The number of nitrogens with zero attached hydrogens (tertiary/aromatic N) is 1. The minimum atomic E-state index is -3.65. The van der Waals surface area contributed by atoms with Crippen LogP contribution >= 0.6 is 0 Å². The molecule has 0 atom stereocenters. The zero-order valence-electron chi connectivity index (χ0n) is 11.6. The van der Waals surface area contributed by atoms with Gasteiger partial charge in [0, 0.05) is 7.05 Å². The largest absolute Gasteiger partial charge is 0.269 e. The molecule has 0 saturated heterocycles. The molecule has 0 bridgehead atoms. The van der Waals surface area contributed by atoms with Crippen molar-refractivity contribution in [3.8, 4) is 0 Å². The van der Waals surface area contributed by atoms with Gasteiger partial charge in [0.2, 0.25) is 0 Å². The molecule has 0 heterocycles. The summed E-state index contributed by atoms with van der Waals surface area (Å²) in [6.45, 7) is 3.60. The summed E-state index contributed by atoms with van der Waals surface area (Å²) < 4.78 is 39.3. The molecule has 0 amide bonds. The highest BCUT2D eigenvalue weighted by molar-refractivity contribution is 7.92. The topological polar surface area (TPSA) is 37.4 Å². The lowest BCUT2D eigenvalue weighted by atomic mass is 10.2. The average Bonchev–Trinajstić information content (AvgIpc) is 2.41. The first-order valence-corrected chi connectivity index (χ1v) is 7.58. The molecule has 20 heavy (non-hydrogen) atoms. The van der Waals surface area contributed by atoms with E-state index in [2.05, 4.69) is 0 Å². The Kier molecular flexibility index (Phi) is 3.81. The van der Waals surface area contributed by atoms with Gasteiger partial charge in [-0.3, -0.25) is 4.31 Å². The van der Waals surface area contributed by atoms with Crippen LogP contribution in [0.3, 0.4) is 0 Å². The van der Waals surface area contributed by atoms with Crippen LogP contribution in [-0.2, 0) is 10.0 Å². The summed E-state index contributed by atoms with van der Waals surface area (Å²) in [5.74, 6) is -0.397. The molecule has 0 radical (unpaired) electrons. The van der Waals surface area contributed by atoms with E-state index in [1.807, 2.05) is 13.0 Å². The summed E-state index contributed by atoms with van der Waals surface area (Å²) in [7, 11) is -2.18. The first-order valence-electron chi connectivity index (χ1n) is 6.14. The Labute approximate surface area is 118 Å². The van der Waals surface area contributed by atoms with Crippen LogP contribution in [-0.4, -0.2) is 15.5 Å². The molecule has 0 aromatic heterocycles. The van der Waals surface area contributed by atoms with Crippen LogP contribution in [0.1, 0.15) is 11.1 Å². The van der Waals surface area contributed by atoms with Crippen molar-refractivity contribution in [1.29, 1.82) is 0 Å². The number of rotatable bonds is 3. The third-order valence-electron chi connectivity index (χ3n) is 3.17. The number of hydrogen-bond acceptors (Lipinski definition) is 2. The van der Waals surface area contributed by atoms with Crippen molar-refractivity contribution >= 4 is 15.7 Å². The molecule has 3 nitrogen and oxygen atoms in total. The van der Waals surface area contributed by atoms with E-state index in [9.17, 15) is 12.8 Å². The summed E-state index contributed by atoms with van der Waals surface area (Å²) >= 11 is 0. The minimum Gasteiger partial charge on any atom is -0.269 e. The van der Waals surface area contributed by atoms with Crippen molar-refractivity contribution in [2.75, 3.05) is 11.4 Å². The van der Waals surface area contributed by atoms with E-state index in [-0.39, 0.29) is 4.90 Å². The maximum Gasteiger partial charge on any atom is 0.264 e. The van der Waals surface area contributed by atoms with Gasteiger partial charge in [0.15, 0.2) is 0 Å². The van der Waals surface area contributed by atoms with Crippen molar-refractivity contribution in [3.05, 3.63) is 59.4 Å². The smallest absolute Gasteiger partial charge is 0.264 e. The van der Waals surface area contributed by atoms with Crippen LogP contribution in [0.15, 0.2) is 47.4 Å². The fourth-order valence-corrected chi connectivity index (χ4v) is 3.43. The highest BCUT2D eigenvalue weighted by atomic mass is 32.2. The molecule has 2 aromatic rings. The Morgan fingerprint density at radius 2 is 1.60 bits per heavy atom. The van der Waals surface area contributed by atoms with Crippen LogP contribution in [0.2, 0.25) is 0 Å². The van der Waals surface area contributed by atoms with E-state index in [4.69, 9.17) is 0 Å². The predicted octanol–water partition coefficient (Wildman–Crippen LogP) is 3.27. The lowest BCUT2D eigenvalue weighted by Gasteiger charge is -2.21. The summed E-state index contributed by atoms with van der Waals surface area (Å²) in [6, 6.07) is 10.7. The number of aryl methyl sites for hydroxylation is 2. The predicted molar refractivity (Wildman–Crippen MR) is 77.9 cm³/mol. The van der Waals surface area contributed by atoms with Crippen LogP contribution in [0.5, 0.6) is 0 Å². The molecule has 2 aromatic carbocycles. The Bertz CT molecular complexity index is 724. The van der Waals surface area contributed by atoms with Gasteiger partial charge in [-0.1, -0.05) is 12.1 Å². The zero-order chi connectivity index (χ0) is 14.9. The maximum atomic E-state index is 12.9. The molecular weight excluding hydrogens is 277 g/mol. The Morgan fingerprint density at radius 1 is 1.00 bits per heavy atom. The first kappa shape index (κ1) is 14.5. The van der Waals surface area contributed by atoms with Gasteiger partial charge in [-0.2, -0.15) is 0 Å². The fourth-order valence-electron chi connectivity index (χ4n) is 1.92. The SMILES string of the molecule is Cc1ccc(C)c(S(=O)(=O)N(C)c2ccc(F)cc2)c1. The molecular formula is C15H16FNO2S. The van der Waals surface area contributed by atoms with Gasteiger partial charge < -0.3 is 0 Å². The number of hydrogen-bond donors (Lipinski definition) is 0. The second-order valence-electron chi connectivity index (χ2n) is 4.72. The highest BCUT2D eigenvalue weighted by Crippen LogP contribution is 2.25. The summed E-state index contributed by atoms with van der Waals surface area (Å²) in [5.41, 5.74) is 1.98. The monoisotopic (exact) mass is 293 g/mol. The van der Waals surface area contributed by atoms with Gasteiger partial charge in [-0.05, 0) is 55.3 Å². The molecule has 0 saturated carbocycles. The molecule has 5 heteroatoms. The van der Waals surface area contributed by atoms with Crippen molar-refractivity contribution in [2.24, 2.45) is 0 Å². The molecule has 0 spiro atoms. The van der Waals surface area contributed by atoms with Crippen molar-refractivity contribution < 1.29 is 12.8 Å². The molecule has 0 aliphatic heterocycles. The second kappa shape index (κ2) is 5.25. The van der Waals surface area contributed by atoms with Gasteiger partial charge in [0.25, 0.3) is 10.0 Å². The first-order chi connectivity index (χ1) is 9.32. The fraction of sp³-hybridized carbons (Fsp3) is 0.200. The minimum absolute atomic E-state index is 0.268. The van der Waals surface area contributed by atoms with E-state index >= 15 is 0 Å². The standard InChI is InChI=1S/C15H16FNO2S/c1-11-4-5-12(2)15(10-11)20(18,19)17(3)14-8-6-13(16)7-9-14/h4-10H,1-3H3. The van der Waals surface area contributed by atoms with Crippen molar-refractivity contribution in [1.82, 2.24) is 0 Å². The van der Waals surface area contributed by atoms with Crippen LogP contribution in [0, 0.1) is 19.7 Å². The quantitative estimate of drug-likeness (QED) is 0.871. The Balaban J connectivity index is 2.49. The molecule has 106 valence electrons. The van der Waals surface area contributed by atoms with Crippen LogP contribution < -0.4 is 4.31 Å². The molecule has 0 aliphatic rings. The van der Waals surface area contributed by atoms with E-state index < -0.39 is 15.8 Å². The second-order valence-corrected chi connectivity index (χ2v) is 6.66. The molecule has 0 fully saturated rings. The molecule has 2 rings (SSSR count). The Morgan fingerprint density at radius 3 is 2.20 bits per heavy atom. The van der Waals surface area contributed by atoms with Gasteiger partial charge in [-0.15, -0.1) is 0 Å². The summed E-state index contributed by atoms with van der Waals surface area (Å²) in [5, 5.41) is 0. The lowest BCUT2D eigenvalue weighted by Crippen LogP contribution is -2.27. The summed E-state index contributed by atoms with van der Waals surface area (Å²) in [6.07, 6.45) is 0. The van der Waals surface area contributed by atoms with E-state index in [0.717, 1.165) is 9.87 Å². The average molecular weight is 293 g/mol. The normalized spacial score (nSPS) is 11.4. The van der Waals surface area contributed by atoms with Gasteiger partial charge in [0.1, 0.15) is 5.82 Å². The third-order valence-corrected chi connectivity index (χ3v) is 5.10. The van der Waals surface area contributed by atoms with E-state index in [0.29, 0.717) is 11.3 Å². The number of sulfonamides is 1. The van der Waals surface area contributed by atoms with E-state index in [1.54, 1.807) is 19.1 Å². The zero-order valence-corrected chi connectivity index (χ0v) is 12.4. The Hall–Kier alpha value is -1.88. The van der Waals surface area contributed by atoms with Crippen molar-refractivity contribution in [2.45, 2.75) is 18.7 Å². The maximum absolute atomic E-state index is 12.9. The van der Waals surface area contributed by atoms with Crippen molar-refractivity contribution in [3.63, 3.8) is 0 Å². The van der Waals surface area contributed by atoms with Gasteiger partial charge >= 0.3 is 0 Å². The number of anilines is 1. The van der Waals surface area contributed by atoms with Crippen LogP contribution in [0.4, 0.5) is 10.1 Å². The third kappa shape index (κ3) is 2.67. The van der Waals surface area contributed by atoms with Gasteiger partial charge in [0.05, 0.1) is 10.6 Å². The van der Waals surface area contributed by atoms with Gasteiger partial charge in [-0.25, -0.2) is 12.8 Å². The molecule has 0 aliphatic carbocycles. The summed E-state index contributed by atoms with van der Waals surface area (Å²) in [4.78, 5) is 0.268. The number of benzene rings is 2. The lowest BCUT2D eigenvalue weighted by molar-refractivity contribution is 0.593. The highest BCUT2D eigenvalue weighted by Gasteiger charge is 2.23. The molecule has 0 N–H and O–H groups in total. The molecule has 0 unspecified atom stereocenters. The number of halogens is 1.